The predicted octanol–water partition coefficient (Wildman–Crippen LogP) is 1.32. The summed E-state index contributed by atoms with van der Waals surface area (Å²) in [6.45, 7) is 3.62. The molecule has 1 aliphatic carbocycles. The topological polar surface area (TPSA) is 99.6 Å². The van der Waals surface area contributed by atoms with Gasteiger partial charge in [0.05, 0.1) is 5.92 Å². The van der Waals surface area contributed by atoms with Gasteiger partial charge in [0.2, 0.25) is 10.0 Å². The van der Waals surface area contributed by atoms with E-state index in [2.05, 4.69) is 9.71 Å². The Hall–Kier alpha value is -1.67. The first-order chi connectivity index (χ1) is 11.3. The number of carboxylic acids is 1. The number of nitrogens with zero attached hydrogens (tertiary/aromatic N) is 2. The summed E-state index contributed by atoms with van der Waals surface area (Å²) in [4.78, 5) is 17.6. The van der Waals surface area contributed by atoms with Crippen molar-refractivity contribution in [2.45, 2.75) is 31.1 Å². The lowest BCUT2D eigenvalue weighted by atomic mass is 9.90. The number of anilines is 1. The van der Waals surface area contributed by atoms with Crippen molar-refractivity contribution < 1.29 is 18.3 Å². The Balaban J connectivity index is 1.70. The van der Waals surface area contributed by atoms with Crippen LogP contribution >= 0.6 is 0 Å². The Bertz CT molecular complexity index is 701. The molecule has 0 radical (unpaired) electrons. The van der Waals surface area contributed by atoms with E-state index in [4.69, 9.17) is 0 Å². The molecule has 132 valence electrons. The Morgan fingerprint density at radius 3 is 2.71 bits per heavy atom. The van der Waals surface area contributed by atoms with Crippen molar-refractivity contribution >= 4 is 21.8 Å². The molecule has 2 fully saturated rings. The summed E-state index contributed by atoms with van der Waals surface area (Å²) < 4.78 is 27.0. The fourth-order valence-electron chi connectivity index (χ4n) is 3.07. The van der Waals surface area contributed by atoms with Crippen LogP contribution in [0, 0.1) is 17.8 Å². The van der Waals surface area contributed by atoms with Crippen LogP contribution < -0.4 is 9.62 Å². The fourth-order valence-corrected chi connectivity index (χ4v) is 4.13. The van der Waals surface area contributed by atoms with Gasteiger partial charge in [-0.2, -0.15) is 0 Å². The van der Waals surface area contributed by atoms with Gasteiger partial charge in [-0.1, -0.05) is 6.92 Å². The smallest absolute Gasteiger partial charge is 0.308 e. The lowest BCUT2D eigenvalue weighted by Gasteiger charge is -2.35. The molecule has 0 amide bonds. The number of piperidine rings is 1. The summed E-state index contributed by atoms with van der Waals surface area (Å²) in [6.07, 6.45) is 4.16. The molecule has 1 aliphatic heterocycles. The minimum Gasteiger partial charge on any atom is -0.481 e. The average molecular weight is 353 g/mol. The number of sulfonamides is 1. The van der Waals surface area contributed by atoms with Gasteiger partial charge in [0, 0.05) is 25.8 Å². The number of hydrogen-bond acceptors (Lipinski definition) is 5. The van der Waals surface area contributed by atoms with Crippen LogP contribution in [0.3, 0.4) is 0 Å². The summed E-state index contributed by atoms with van der Waals surface area (Å²) in [7, 11) is -3.52. The number of pyridine rings is 1. The second kappa shape index (κ2) is 6.68. The first kappa shape index (κ1) is 17.2. The van der Waals surface area contributed by atoms with Gasteiger partial charge in [0.25, 0.3) is 0 Å². The van der Waals surface area contributed by atoms with Gasteiger partial charge in [-0.15, -0.1) is 0 Å². The highest BCUT2D eigenvalue weighted by Crippen LogP contribution is 2.28. The average Bonchev–Trinajstić information content (AvgIpc) is 3.37. The monoisotopic (exact) mass is 353 g/mol. The van der Waals surface area contributed by atoms with Crippen molar-refractivity contribution in [1.82, 2.24) is 9.71 Å². The maximum Gasteiger partial charge on any atom is 0.308 e. The van der Waals surface area contributed by atoms with E-state index in [0.717, 1.165) is 19.4 Å². The van der Waals surface area contributed by atoms with Crippen molar-refractivity contribution in [3.8, 4) is 0 Å². The highest BCUT2D eigenvalue weighted by molar-refractivity contribution is 7.89. The van der Waals surface area contributed by atoms with Gasteiger partial charge in [-0.3, -0.25) is 4.79 Å². The largest absolute Gasteiger partial charge is 0.481 e. The Morgan fingerprint density at radius 1 is 1.38 bits per heavy atom. The molecule has 2 atom stereocenters. The molecule has 24 heavy (non-hydrogen) atoms. The second-order valence-electron chi connectivity index (χ2n) is 6.93. The van der Waals surface area contributed by atoms with Gasteiger partial charge < -0.3 is 10.0 Å². The van der Waals surface area contributed by atoms with E-state index in [0.29, 0.717) is 31.2 Å². The highest BCUT2D eigenvalue weighted by Gasteiger charge is 2.30. The third-order valence-corrected chi connectivity index (χ3v) is 6.03. The molecule has 1 saturated carbocycles. The van der Waals surface area contributed by atoms with Crippen LogP contribution in [0.25, 0.3) is 0 Å². The molecule has 3 rings (SSSR count). The quantitative estimate of drug-likeness (QED) is 0.800. The Kier molecular flexibility index (Phi) is 4.78. The predicted molar refractivity (Wildman–Crippen MR) is 89.3 cm³/mol. The molecule has 8 heteroatoms. The molecule has 7 nitrogen and oxygen atoms in total. The van der Waals surface area contributed by atoms with Gasteiger partial charge in [0.1, 0.15) is 10.7 Å². The number of carboxylic acid groups (broad SMARTS) is 1. The minimum atomic E-state index is -3.52. The van der Waals surface area contributed by atoms with E-state index in [1.807, 2.05) is 11.8 Å². The number of aliphatic carboxylic acids is 1. The number of aromatic nitrogens is 1. The van der Waals surface area contributed by atoms with Crippen molar-refractivity contribution in [2.24, 2.45) is 17.8 Å². The van der Waals surface area contributed by atoms with E-state index >= 15 is 0 Å². The number of rotatable bonds is 6. The standard InChI is InChI=1S/C16H23N3O4S/c1-11-6-13(16(20)21)10-19(9-11)15-5-4-14(8-17-15)24(22,23)18-7-12-2-3-12/h4-5,8,11-13,18H,2-3,6-7,9-10H2,1H3,(H,20,21). The Labute approximate surface area is 142 Å². The summed E-state index contributed by atoms with van der Waals surface area (Å²) in [6, 6.07) is 3.19. The number of carbonyl (C=O) groups is 1. The van der Waals surface area contributed by atoms with Gasteiger partial charge in [-0.25, -0.2) is 18.1 Å². The van der Waals surface area contributed by atoms with Gasteiger partial charge in [0.15, 0.2) is 0 Å². The van der Waals surface area contributed by atoms with Crippen LogP contribution in [-0.2, 0) is 14.8 Å². The normalized spacial score (nSPS) is 24.8. The lowest BCUT2D eigenvalue weighted by molar-refractivity contribution is -0.142. The summed E-state index contributed by atoms with van der Waals surface area (Å²) in [5.74, 6) is 0.128. The molecular formula is C16H23N3O4S. The maximum atomic E-state index is 12.2. The van der Waals surface area contributed by atoms with Crippen molar-refractivity contribution in [3.05, 3.63) is 18.3 Å². The Morgan fingerprint density at radius 2 is 2.12 bits per heavy atom. The third-order valence-electron chi connectivity index (χ3n) is 4.62. The van der Waals surface area contributed by atoms with Gasteiger partial charge >= 0.3 is 5.97 Å². The van der Waals surface area contributed by atoms with Crippen LogP contribution in [0.15, 0.2) is 23.2 Å². The van der Waals surface area contributed by atoms with Crippen LogP contribution in [-0.4, -0.2) is 44.1 Å². The molecule has 1 aromatic rings. The van der Waals surface area contributed by atoms with Crippen molar-refractivity contribution in [3.63, 3.8) is 0 Å². The summed E-state index contributed by atoms with van der Waals surface area (Å²) in [5, 5.41) is 9.25. The molecule has 1 aromatic heterocycles. The highest BCUT2D eigenvalue weighted by atomic mass is 32.2. The minimum absolute atomic E-state index is 0.145. The molecule has 0 bridgehead atoms. The SMILES string of the molecule is CC1CC(C(=O)O)CN(c2ccc(S(=O)(=O)NCC3CC3)cn2)C1. The lowest BCUT2D eigenvalue weighted by Crippen LogP contribution is -2.42. The molecule has 1 saturated heterocycles. The van der Waals surface area contributed by atoms with Gasteiger partial charge in [-0.05, 0) is 43.2 Å². The third kappa shape index (κ3) is 4.05. The fraction of sp³-hybridized carbons (Fsp3) is 0.625. The zero-order valence-corrected chi connectivity index (χ0v) is 14.5. The van der Waals surface area contributed by atoms with Crippen LogP contribution in [0.4, 0.5) is 5.82 Å². The van der Waals surface area contributed by atoms with E-state index in [1.165, 1.54) is 12.3 Å². The molecule has 2 N–H and O–H groups in total. The van der Waals surface area contributed by atoms with E-state index in [-0.39, 0.29) is 10.8 Å². The first-order valence-electron chi connectivity index (χ1n) is 8.28. The molecule has 0 aromatic carbocycles. The first-order valence-corrected chi connectivity index (χ1v) is 9.77. The number of nitrogens with one attached hydrogen (secondary N) is 1. The maximum absolute atomic E-state index is 12.2. The molecule has 2 unspecified atom stereocenters. The van der Waals surface area contributed by atoms with E-state index in [1.54, 1.807) is 6.07 Å². The zero-order valence-electron chi connectivity index (χ0n) is 13.7. The van der Waals surface area contributed by atoms with E-state index < -0.39 is 21.9 Å². The molecule has 2 heterocycles. The van der Waals surface area contributed by atoms with Crippen molar-refractivity contribution in [1.29, 1.82) is 0 Å². The molecule has 0 spiro atoms. The van der Waals surface area contributed by atoms with Crippen LogP contribution in [0.5, 0.6) is 0 Å². The zero-order chi connectivity index (χ0) is 17.3. The molecular weight excluding hydrogens is 330 g/mol. The number of hydrogen-bond donors (Lipinski definition) is 2. The van der Waals surface area contributed by atoms with Crippen molar-refractivity contribution in [2.75, 3.05) is 24.5 Å². The van der Waals surface area contributed by atoms with E-state index in [9.17, 15) is 18.3 Å². The second-order valence-corrected chi connectivity index (χ2v) is 8.70. The summed E-state index contributed by atoms with van der Waals surface area (Å²) >= 11 is 0. The summed E-state index contributed by atoms with van der Waals surface area (Å²) in [5.41, 5.74) is 0. The molecule has 2 aliphatic rings. The van der Waals surface area contributed by atoms with Crippen LogP contribution in [0.2, 0.25) is 0 Å². The van der Waals surface area contributed by atoms with Crippen LogP contribution in [0.1, 0.15) is 26.2 Å².